The van der Waals surface area contributed by atoms with Crippen molar-refractivity contribution >= 4 is 82.7 Å². The Morgan fingerprint density at radius 3 is 1.99 bits per heavy atom. The Hall–Kier alpha value is -7.08. The number of aromatic hydroxyl groups is 1. The number of carbonyl (C=O) groups excluding carboxylic acids is 8. The predicted molar refractivity (Wildman–Crippen MR) is 333 cm³/mol. The fourth-order valence-electron chi connectivity index (χ4n) is 11.5. The van der Waals surface area contributed by atoms with Crippen molar-refractivity contribution < 1.29 is 97.7 Å². The number of benzene rings is 3. The Morgan fingerprint density at radius 1 is 0.728 bits per heavy atom. The van der Waals surface area contributed by atoms with Crippen molar-refractivity contribution in [3.05, 3.63) is 77.9 Å². The van der Waals surface area contributed by atoms with E-state index in [1.54, 1.807) is 31.4 Å². The first-order chi connectivity index (χ1) is 44.0. The molecule has 12 unspecified atom stereocenters. The molecule has 30 nitrogen and oxygen atoms in total. The van der Waals surface area contributed by atoms with Gasteiger partial charge in [0.05, 0.1) is 43.0 Å². The van der Waals surface area contributed by atoms with E-state index in [1.165, 1.54) is 37.1 Å². The van der Waals surface area contributed by atoms with Gasteiger partial charge in [0.2, 0.25) is 41.4 Å². The number of primary amides is 1. The number of piperazine rings is 1. The number of aliphatic hydroxyl groups excluding tert-OH is 6. The molecule has 15 N–H and O–H groups in total. The third kappa shape index (κ3) is 19.7. The lowest BCUT2D eigenvalue weighted by Gasteiger charge is -2.37. The molecule has 0 aromatic heterocycles. The smallest absolute Gasteiger partial charge is 0.261 e. The molecule has 4 saturated heterocycles. The van der Waals surface area contributed by atoms with Crippen LogP contribution in [0.25, 0.3) is 0 Å². The largest absolute Gasteiger partial charge is 0.504 e. The lowest BCUT2D eigenvalue weighted by Crippen LogP contribution is -2.64. The van der Waals surface area contributed by atoms with Gasteiger partial charge in [-0.15, -0.1) is 11.8 Å². The van der Waals surface area contributed by atoms with Crippen LogP contribution in [0.2, 0.25) is 0 Å². The zero-order valence-electron chi connectivity index (χ0n) is 51.2. The van der Waals surface area contributed by atoms with Crippen LogP contribution >= 0.6 is 24.1 Å². The number of fused-ring (bicyclic) bond motifs is 2. The number of methoxy groups -OCH3 is 1. The lowest BCUT2D eigenvalue weighted by atomic mass is 9.98. The van der Waals surface area contributed by atoms with Crippen molar-refractivity contribution in [1.82, 2.24) is 36.4 Å². The van der Waals surface area contributed by atoms with Gasteiger partial charge in [0.1, 0.15) is 36.3 Å². The zero-order chi connectivity index (χ0) is 66.8. The molecule has 8 amide bonds. The number of nitrogens with zero attached hydrogens (tertiary/aromatic N) is 4. The first kappa shape index (κ1) is 72.3. The molecular weight excluding hydrogens is 1240 g/mol. The van der Waals surface area contributed by atoms with Crippen LogP contribution in [0.1, 0.15) is 81.1 Å². The van der Waals surface area contributed by atoms with Gasteiger partial charge in [-0.3, -0.25) is 38.4 Å². The number of ether oxygens (including phenoxy) is 1. The zero-order valence-corrected chi connectivity index (χ0v) is 52.9. The number of unbranched alkanes of at least 4 members (excludes halogenated alkanes) is 4. The average molecular weight is 1330 g/mol. The number of thioether (sulfide) groups is 1. The van der Waals surface area contributed by atoms with Crippen molar-refractivity contribution in [3.8, 4) is 11.5 Å². The molecule has 4 heterocycles. The molecule has 32 heteroatoms. The molecule has 0 saturated carbocycles. The molecule has 13 atom stereocenters. The maximum atomic E-state index is 14.7. The Kier molecular flexibility index (Phi) is 27.3. The van der Waals surface area contributed by atoms with E-state index in [0.717, 1.165) is 78.5 Å². The van der Waals surface area contributed by atoms with Gasteiger partial charge < -0.3 is 96.6 Å². The van der Waals surface area contributed by atoms with E-state index in [4.69, 9.17) is 19.9 Å². The fraction of sp³-hybridized carbons (Fsp3) is 0.567. The summed E-state index contributed by atoms with van der Waals surface area (Å²) in [7, 11) is 1.72. The van der Waals surface area contributed by atoms with Crippen molar-refractivity contribution in [1.29, 1.82) is 0 Å². The van der Waals surface area contributed by atoms with Crippen molar-refractivity contribution in [2.75, 3.05) is 75.1 Å². The SMILES string of the molecule is COCCCCCCCSc1ccc(N2CCN(c3ccc(C(=O)N[C@H]4CC(O)CNC(=O)C5C(O)C(C)CN5C(=O)C(C(O)CC(N)=O)NC(=O)C(C(O)Cc5ccc(O)c(OSOOO)c5)NC(=O)C5CC(O)CN5C(=O)C(C(C)O)NC4=O)cc3)CC2)cc1. The highest BCUT2D eigenvalue weighted by molar-refractivity contribution is 7.99. The number of β-amino-alcohol motifs (C(OH)–C–C–N with tert-alkyl or cyclic N) is 1. The molecule has 4 aliphatic heterocycles. The number of nitrogens with one attached hydrogen (secondary N) is 5. The molecule has 506 valence electrons. The lowest BCUT2D eigenvalue weighted by molar-refractivity contribution is -0.433. The minimum Gasteiger partial charge on any atom is -0.504 e. The summed E-state index contributed by atoms with van der Waals surface area (Å²) in [4.78, 5) is 121. The number of hydrogen-bond acceptors (Lipinski definition) is 24. The number of rotatable bonds is 24. The number of nitrogens with two attached hydrogens (primary N) is 1. The molecule has 0 bridgehead atoms. The highest BCUT2D eigenvalue weighted by Crippen LogP contribution is 2.32. The molecule has 7 rings (SSSR count). The van der Waals surface area contributed by atoms with E-state index < -0.39 is 177 Å². The summed E-state index contributed by atoms with van der Waals surface area (Å²) in [6.07, 6.45) is -7.66. The molecule has 0 aliphatic carbocycles. The van der Waals surface area contributed by atoms with Crippen LogP contribution in [0.15, 0.2) is 71.6 Å². The normalized spacial score (nSPS) is 25.7. The maximum Gasteiger partial charge on any atom is 0.261 e. The summed E-state index contributed by atoms with van der Waals surface area (Å²) in [5.41, 5.74) is 7.52. The van der Waals surface area contributed by atoms with E-state index in [-0.39, 0.29) is 29.2 Å². The van der Waals surface area contributed by atoms with E-state index in [1.807, 2.05) is 11.8 Å². The monoisotopic (exact) mass is 1330 g/mol. The third-order valence-electron chi connectivity index (χ3n) is 16.5. The highest BCUT2D eigenvalue weighted by atomic mass is 32.2. The van der Waals surface area contributed by atoms with Crippen LogP contribution in [-0.4, -0.2) is 236 Å². The van der Waals surface area contributed by atoms with Gasteiger partial charge in [-0.25, -0.2) is 5.26 Å². The standard InChI is InChI=1S/C60H84N10O20S2/c1-33-31-70-52(53(33)78)58(83)62-30-39(72)27-42(63-54(79)36-10-12-37(13-11-36)67-19-21-68(22-20-67)38-14-16-41(17-15-38)91-24-8-6-4-5-7-23-87-3)55(80)64-49(34(2)71)59(84)69-32-40(73)28-43(69)56(81)65-50(57(82)66-51(60(70)85)46(76)29-48(61)77)45(75)25-35-9-18-44(74)47(26-35)88-92-90-89-86/h9-18,26,33-34,39-40,42-43,45-46,49-53,71-76,78,86H,4-8,19-25,27-32H2,1-3H3,(H2,61,77)(H,62,83)(H,63,79)(H,64,80)(H,65,81)(H,66,82)/t33?,34?,39?,40?,42-,43?,45?,46?,49?,50?,51?,52?,53?/m0/s1. The molecule has 4 aliphatic rings. The summed E-state index contributed by atoms with van der Waals surface area (Å²) in [6, 6.07) is 7.09. The summed E-state index contributed by atoms with van der Waals surface area (Å²) < 4.78 is 14.4. The number of phenolic OH excluding ortho intramolecular Hbond substituents is 1. The fourth-order valence-corrected chi connectivity index (χ4v) is 12.7. The van der Waals surface area contributed by atoms with Crippen molar-refractivity contribution in [2.24, 2.45) is 11.7 Å². The van der Waals surface area contributed by atoms with Gasteiger partial charge in [-0.05, 0) is 91.7 Å². The van der Waals surface area contributed by atoms with E-state index in [2.05, 4.69) is 70.0 Å². The minimum atomic E-state index is -2.21. The number of amides is 8. The van der Waals surface area contributed by atoms with Gasteiger partial charge in [0, 0.05) is 107 Å². The van der Waals surface area contributed by atoms with Crippen LogP contribution in [0.4, 0.5) is 11.4 Å². The Morgan fingerprint density at radius 2 is 1.35 bits per heavy atom. The Balaban J connectivity index is 1.12. The molecular formula is C60H84N10O20S2. The summed E-state index contributed by atoms with van der Waals surface area (Å²) in [6.45, 7) is 4.54. The molecule has 3 aromatic carbocycles. The maximum absolute atomic E-state index is 14.7. The van der Waals surface area contributed by atoms with Gasteiger partial charge in [0.25, 0.3) is 18.2 Å². The summed E-state index contributed by atoms with van der Waals surface area (Å²) >= 11 is 1.91. The second-order valence-electron chi connectivity index (χ2n) is 23.4. The number of aliphatic hydroxyl groups is 6. The van der Waals surface area contributed by atoms with E-state index >= 15 is 0 Å². The quantitative estimate of drug-likeness (QED) is 0.0161. The number of anilines is 2. The van der Waals surface area contributed by atoms with Crippen LogP contribution in [0.5, 0.6) is 11.5 Å². The molecule has 0 spiro atoms. The average Bonchev–Trinajstić information content (AvgIpc) is 1.61. The molecule has 0 radical (unpaired) electrons. The van der Waals surface area contributed by atoms with Crippen LogP contribution in [0.3, 0.4) is 0 Å². The minimum absolute atomic E-state index is 0.0625. The van der Waals surface area contributed by atoms with Gasteiger partial charge in [-0.2, -0.15) is 0 Å². The number of hydrogen-bond donors (Lipinski definition) is 14. The van der Waals surface area contributed by atoms with Crippen LogP contribution < -0.4 is 46.3 Å². The topological polar surface area (TPSA) is 434 Å². The Bertz CT molecular complexity index is 2990. The molecule has 92 heavy (non-hydrogen) atoms. The summed E-state index contributed by atoms with van der Waals surface area (Å²) in [5, 5.41) is 103. The van der Waals surface area contributed by atoms with Crippen LogP contribution in [0, 0.1) is 5.92 Å². The van der Waals surface area contributed by atoms with Gasteiger partial charge in [-0.1, -0.05) is 41.6 Å². The second kappa shape index (κ2) is 34.7. The van der Waals surface area contributed by atoms with E-state index in [0.29, 0.717) is 13.1 Å². The predicted octanol–water partition coefficient (Wildman–Crippen LogP) is -1.41. The highest BCUT2D eigenvalue weighted by Gasteiger charge is 2.50. The second-order valence-corrected chi connectivity index (χ2v) is 25.0. The first-order valence-electron chi connectivity index (χ1n) is 30.4. The first-order valence-corrected chi connectivity index (χ1v) is 32.1. The third-order valence-corrected chi connectivity index (χ3v) is 18.0. The molecule has 3 aromatic rings. The van der Waals surface area contributed by atoms with Crippen LogP contribution in [-0.2, 0) is 54.1 Å². The van der Waals surface area contributed by atoms with E-state index in [9.17, 15) is 74.1 Å². The van der Waals surface area contributed by atoms with Crippen molar-refractivity contribution in [3.63, 3.8) is 0 Å². The van der Waals surface area contributed by atoms with Gasteiger partial charge >= 0.3 is 0 Å². The van der Waals surface area contributed by atoms with Crippen molar-refractivity contribution in [2.45, 2.75) is 149 Å². The van der Waals surface area contributed by atoms with Gasteiger partial charge in [0.15, 0.2) is 11.5 Å². The number of carbonyl (C=O) groups is 8. The number of phenols is 1. The summed E-state index contributed by atoms with van der Waals surface area (Å²) in [5.74, 6) is -9.84. The Labute approximate surface area is 540 Å². The molecule has 4 fully saturated rings.